The molecule has 0 saturated heterocycles. The molecule has 3 saturated carbocycles. The topological polar surface area (TPSA) is 0 Å². The van der Waals surface area contributed by atoms with Gasteiger partial charge in [0, 0.05) is 5.92 Å². The standard InChI is InChI=1S/C36H44/c1-7-26-11-12-28(22(3)15-26)19-31-23(4)13-21(2)14-36(31)30-10-8-9-29-16-27(18-35(29)30)17-32-24(5)33-20-34(33)25(32)6/h8-10,13-14,16,22,26,28,32-34H,5-7,11-12,15,17-20H2,1-4H3/t22-,26?,28-,32?,33?,34?/m0/s1. The Balaban J connectivity index is 1.28. The van der Waals surface area contributed by atoms with E-state index in [0.29, 0.717) is 5.92 Å². The van der Waals surface area contributed by atoms with Crippen LogP contribution in [0.4, 0.5) is 0 Å². The Morgan fingerprint density at radius 2 is 1.69 bits per heavy atom. The molecule has 0 nitrogen and oxygen atoms in total. The second-order valence-electron chi connectivity index (χ2n) is 12.8. The monoisotopic (exact) mass is 476 g/mol. The third-order valence-electron chi connectivity index (χ3n) is 10.5. The summed E-state index contributed by atoms with van der Waals surface area (Å²) in [6.45, 7) is 18.5. The normalized spacial score (nSPS) is 30.8. The van der Waals surface area contributed by atoms with Gasteiger partial charge in [-0.05, 0) is 115 Å². The van der Waals surface area contributed by atoms with Gasteiger partial charge in [0.05, 0.1) is 0 Å². The highest BCUT2D eigenvalue weighted by Crippen LogP contribution is 2.61. The molecule has 0 spiro atoms. The molecule has 36 heavy (non-hydrogen) atoms. The quantitative estimate of drug-likeness (QED) is 0.364. The first kappa shape index (κ1) is 24.0. The van der Waals surface area contributed by atoms with Crippen molar-refractivity contribution in [2.45, 2.75) is 79.1 Å². The number of aryl methyl sites for hydroxylation is 2. The highest BCUT2D eigenvalue weighted by molar-refractivity contribution is 5.80. The predicted molar refractivity (Wildman–Crippen MR) is 155 cm³/mol. The minimum absolute atomic E-state index is 0.509. The van der Waals surface area contributed by atoms with Crippen molar-refractivity contribution in [2.75, 3.05) is 0 Å². The number of rotatable bonds is 6. The summed E-state index contributed by atoms with van der Waals surface area (Å²) in [6, 6.07) is 11.9. The molecule has 0 N–H and O–H groups in total. The number of benzene rings is 2. The largest absolute Gasteiger partial charge is 0.0989 e. The average Bonchev–Trinajstić information content (AvgIpc) is 3.49. The summed E-state index contributed by atoms with van der Waals surface area (Å²) in [5.74, 6) is 4.57. The molecule has 0 heteroatoms. The molecule has 4 aliphatic carbocycles. The van der Waals surface area contributed by atoms with Gasteiger partial charge in [-0.1, -0.05) is 98.5 Å². The van der Waals surface area contributed by atoms with E-state index in [9.17, 15) is 0 Å². The molecule has 0 heterocycles. The van der Waals surface area contributed by atoms with E-state index >= 15 is 0 Å². The van der Waals surface area contributed by atoms with E-state index in [2.05, 4.69) is 77.3 Å². The summed E-state index contributed by atoms with van der Waals surface area (Å²) in [6.07, 6.45) is 12.8. The summed E-state index contributed by atoms with van der Waals surface area (Å²) in [4.78, 5) is 0. The fourth-order valence-corrected chi connectivity index (χ4v) is 8.13. The first-order valence-electron chi connectivity index (χ1n) is 14.6. The van der Waals surface area contributed by atoms with Gasteiger partial charge in [0.15, 0.2) is 0 Å². The van der Waals surface area contributed by atoms with Crippen molar-refractivity contribution in [1.29, 1.82) is 0 Å². The third-order valence-corrected chi connectivity index (χ3v) is 10.5. The highest BCUT2D eigenvalue weighted by Gasteiger charge is 2.51. The van der Waals surface area contributed by atoms with Crippen LogP contribution in [0.5, 0.6) is 0 Å². The zero-order valence-corrected chi connectivity index (χ0v) is 23.0. The maximum atomic E-state index is 4.48. The number of hydrogen-bond acceptors (Lipinski definition) is 0. The molecular formula is C36H44. The van der Waals surface area contributed by atoms with Crippen LogP contribution in [0.3, 0.4) is 0 Å². The second kappa shape index (κ2) is 9.20. The van der Waals surface area contributed by atoms with Crippen LogP contribution < -0.4 is 0 Å². The Kier molecular flexibility index (Phi) is 6.14. The molecule has 3 unspecified atom stereocenters. The van der Waals surface area contributed by atoms with Crippen molar-refractivity contribution in [2.24, 2.45) is 35.5 Å². The fraction of sp³-hybridized carbons (Fsp3) is 0.500. The van der Waals surface area contributed by atoms with E-state index in [0.717, 1.165) is 42.4 Å². The number of allylic oxidation sites excluding steroid dienone is 3. The lowest BCUT2D eigenvalue weighted by Crippen LogP contribution is -2.24. The molecule has 2 aromatic rings. The molecule has 6 rings (SSSR count). The van der Waals surface area contributed by atoms with E-state index in [1.165, 1.54) is 77.5 Å². The van der Waals surface area contributed by atoms with Gasteiger partial charge in [0.2, 0.25) is 0 Å². The molecule has 0 amide bonds. The first-order chi connectivity index (χ1) is 17.3. The number of hydrogen-bond donors (Lipinski definition) is 0. The van der Waals surface area contributed by atoms with E-state index in [1.807, 2.05) is 0 Å². The smallest absolute Gasteiger partial charge is 0.00449 e. The van der Waals surface area contributed by atoms with Crippen LogP contribution in [0.2, 0.25) is 0 Å². The van der Waals surface area contributed by atoms with Crippen molar-refractivity contribution in [3.63, 3.8) is 0 Å². The summed E-state index contributed by atoms with van der Waals surface area (Å²) < 4.78 is 0. The molecule has 0 bridgehead atoms. The lowest BCUT2D eigenvalue weighted by atomic mass is 9.71. The zero-order chi connectivity index (χ0) is 25.1. The second-order valence-corrected chi connectivity index (χ2v) is 12.8. The van der Waals surface area contributed by atoms with E-state index < -0.39 is 0 Å². The van der Waals surface area contributed by atoms with Gasteiger partial charge in [-0.25, -0.2) is 0 Å². The molecular weight excluding hydrogens is 432 g/mol. The molecule has 0 radical (unpaired) electrons. The van der Waals surface area contributed by atoms with Gasteiger partial charge in [-0.15, -0.1) is 0 Å². The van der Waals surface area contributed by atoms with E-state index in [1.54, 1.807) is 16.7 Å². The summed E-state index contributed by atoms with van der Waals surface area (Å²) in [7, 11) is 0. The van der Waals surface area contributed by atoms with Crippen LogP contribution in [-0.2, 0) is 12.8 Å². The Morgan fingerprint density at radius 1 is 0.917 bits per heavy atom. The van der Waals surface area contributed by atoms with Crippen LogP contribution in [0, 0.1) is 49.4 Å². The van der Waals surface area contributed by atoms with Crippen LogP contribution in [0.15, 0.2) is 60.2 Å². The maximum absolute atomic E-state index is 4.48. The van der Waals surface area contributed by atoms with Gasteiger partial charge >= 0.3 is 0 Å². The number of fused-ring (bicyclic) bond motifs is 2. The van der Waals surface area contributed by atoms with Crippen LogP contribution in [0.1, 0.15) is 80.2 Å². The van der Waals surface area contributed by atoms with Gasteiger partial charge < -0.3 is 0 Å². The molecule has 188 valence electrons. The lowest BCUT2D eigenvalue weighted by Gasteiger charge is -2.35. The van der Waals surface area contributed by atoms with Crippen molar-refractivity contribution in [1.82, 2.24) is 0 Å². The summed E-state index contributed by atoms with van der Waals surface area (Å²) in [5, 5.41) is 0. The van der Waals surface area contributed by atoms with Gasteiger partial charge in [-0.2, -0.15) is 0 Å². The van der Waals surface area contributed by atoms with Crippen molar-refractivity contribution >= 4 is 6.08 Å². The SMILES string of the molecule is C=C1C(CC2=Cc3cccc(-c4cc(C)cc(C)c4C[C@@H]4CCC(CC)C[C@@H]4C)c3C2)C(=C)C2CC12. The van der Waals surface area contributed by atoms with Gasteiger partial charge in [0.1, 0.15) is 0 Å². The minimum Gasteiger partial charge on any atom is -0.0989 e. The van der Waals surface area contributed by atoms with Crippen LogP contribution in [-0.4, -0.2) is 0 Å². The Hall–Kier alpha value is -2.34. The van der Waals surface area contributed by atoms with Crippen molar-refractivity contribution < 1.29 is 0 Å². The van der Waals surface area contributed by atoms with E-state index in [-0.39, 0.29) is 0 Å². The van der Waals surface area contributed by atoms with Gasteiger partial charge in [-0.3, -0.25) is 0 Å². The van der Waals surface area contributed by atoms with Crippen molar-refractivity contribution in [3.05, 3.63) is 88.0 Å². The molecule has 0 aromatic heterocycles. The summed E-state index contributed by atoms with van der Waals surface area (Å²) in [5.41, 5.74) is 14.9. The lowest BCUT2D eigenvalue weighted by molar-refractivity contribution is 0.189. The Labute approximate surface area is 219 Å². The molecule has 3 fully saturated rings. The van der Waals surface area contributed by atoms with Crippen LogP contribution >= 0.6 is 0 Å². The highest BCUT2D eigenvalue weighted by atomic mass is 14.6. The molecule has 5 atom stereocenters. The molecule has 2 aromatic carbocycles. The predicted octanol–water partition coefficient (Wildman–Crippen LogP) is 9.68. The first-order valence-corrected chi connectivity index (χ1v) is 14.6. The average molecular weight is 477 g/mol. The molecule has 0 aliphatic heterocycles. The minimum atomic E-state index is 0.509. The third kappa shape index (κ3) is 4.15. The van der Waals surface area contributed by atoms with E-state index in [4.69, 9.17) is 0 Å². The Morgan fingerprint density at radius 3 is 2.42 bits per heavy atom. The Bertz CT molecular complexity index is 1230. The zero-order valence-electron chi connectivity index (χ0n) is 23.0. The fourth-order valence-electron chi connectivity index (χ4n) is 8.13. The van der Waals surface area contributed by atoms with Crippen LogP contribution in [0.25, 0.3) is 17.2 Å². The maximum Gasteiger partial charge on any atom is 0.00449 e. The summed E-state index contributed by atoms with van der Waals surface area (Å²) >= 11 is 0. The molecule has 4 aliphatic rings. The van der Waals surface area contributed by atoms with Gasteiger partial charge in [0.25, 0.3) is 0 Å². The van der Waals surface area contributed by atoms with Crippen molar-refractivity contribution in [3.8, 4) is 11.1 Å².